The first-order valence-electron chi connectivity index (χ1n) is 11.5. The Kier molecular flexibility index (Phi) is 8.91. The lowest BCUT2D eigenvalue weighted by Crippen LogP contribution is -2.41. The Balaban J connectivity index is 1.31. The Morgan fingerprint density at radius 3 is 2.00 bits per heavy atom. The monoisotopic (exact) mass is 615 g/mol. The van der Waals surface area contributed by atoms with Gasteiger partial charge in [0.1, 0.15) is 0 Å². The number of piperidine rings is 1. The van der Waals surface area contributed by atoms with Gasteiger partial charge in [-0.15, -0.1) is 0 Å². The summed E-state index contributed by atoms with van der Waals surface area (Å²) in [5.41, 5.74) is 1.27. The highest BCUT2D eigenvalue weighted by atomic mass is 35.5. The fourth-order valence-corrected chi connectivity index (χ4v) is 7.35. The third-order valence-corrected chi connectivity index (χ3v) is 10.2. The van der Waals surface area contributed by atoms with Gasteiger partial charge in [-0.3, -0.25) is 9.52 Å². The lowest BCUT2D eigenvalue weighted by molar-refractivity contribution is -0.120. The van der Waals surface area contributed by atoms with Crippen molar-refractivity contribution in [3.8, 4) is 0 Å². The molecule has 0 aromatic heterocycles. The number of amides is 1. The Bertz CT molecular complexity index is 1520. The first-order valence-corrected chi connectivity index (χ1v) is 15.8. The summed E-state index contributed by atoms with van der Waals surface area (Å²) in [4.78, 5) is 12.8. The van der Waals surface area contributed by atoms with Gasteiger partial charge in [-0.1, -0.05) is 40.9 Å². The quantitative estimate of drug-likeness (QED) is 0.341. The molecule has 0 saturated carbocycles. The Labute approximate surface area is 237 Å². The van der Waals surface area contributed by atoms with Crippen molar-refractivity contribution < 1.29 is 21.6 Å². The van der Waals surface area contributed by atoms with Crippen LogP contribution in [0.5, 0.6) is 0 Å². The number of sulfonamides is 2. The molecule has 3 aromatic rings. The third kappa shape index (κ3) is 7.19. The molecule has 1 aliphatic rings. The zero-order valence-corrected chi connectivity index (χ0v) is 23.8. The molecular formula is C25H24Cl3N3O5S2. The highest BCUT2D eigenvalue weighted by molar-refractivity contribution is 7.92. The van der Waals surface area contributed by atoms with Gasteiger partial charge in [-0.2, -0.15) is 0 Å². The van der Waals surface area contributed by atoms with Gasteiger partial charge < -0.3 is 5.32 Å². The van der Waals surface area contributed by atoms with Crippen LogP contribution in [-0.4, -0.2) is 40.1 Å². The van der Waals surface area contributed by atoms with Gasteiger partial charge in [-0.05, 0) is 79.1 Å². The highest BCUT2D eigenvalue weighted by Crippen LogP contribution is 2.27. The molecule has 13 heteroatoms. The highest BCUT2D eigenvalue weighted by Gasteiger charge is 2.31. The van der Waals surface area contributed by atoms with Gasteiger partial charge in [0.05, 0.1) is 10.6 Å². The van der Waals surface area contributed by atoms with E-state index in [-0.39, 0.29) is 40.6 Å². The van der Waals surface area contributed by atoms with Crippen molar-refractivity contribution in [3.63, 3.8) is 0 Å². The minimum atomic E-state index is -3.82. The summed E-state index contributed by atoms with van der Waals surface area (Å²) in [6.45, 7) is 0.415. The second-order valence-corrected chi connectivity index (χ2v) is 13.7. The van der Waals surface area contributed by atoms with E-state index in [4.69, 9.17) is 34.8 Å². The van der Waals surface area contributed by atoms with E-state index < -0.39 is 20.0 Å². The molecule has 1 fully saturated rings. The number of halogens is 3. The molecule has 38 heavy (non-hydrogen) atoms. The van der Waals surface area contributed by atoms with Crippen molar-refractivity contribution in [1.29, 1.82) is 0 Å². The first-order chi connectivity index (χ1) is 17.9. The molecule has 2 N–H and O–H groups in total. The van der Waals surface area contributed by atoms with Crippen LogP contribution in [0.25, 0.3) is 0 Å². The van der Waals surface area contributed by atoms with Crippen molar-refractivity contribution in [2.45, 2.75) is 23.5 Å². The van der Waals surface area contributed by atoms with Gasteiger partial charge in [0.2, 0.25) is 15.9 Å². The average Bonchev–Trinajstić information content (AvgIpc) is 2.87. The second kappa shape index (κ2) is 11.8. The summed E-state index contributed by atoms with van der Waals surface area (Å²) < 4.78 is 54.9. The van der Waals surface area contributed by atoms with Crippen LogP contribution in [-0.2, 0) is 30.6 Å². The molecule has 0 spiro atoms. The van der Waals surface area contributed by atoms with E-state index in [1.54, 1.807) is 36.4 Å². The minimum Gasteiger partial charge on any atom is -0.326 e. The molecule has 0 bridgehead atoms. The SMILES string of the molecule is O=C(Nc1ccc(S(=O)(=O)Nc2ccc(Cl)cc2)cc1)C1CCN(S(=O)(=O)Cc2ccc(Cl)cc2Cl)CC1. The minimum absolute atomic E-state index is 0.0322. The van der Waals surface area contributed by atoms with Gasteiger partial charge in [0, 0.05) is 45.5 Å². The number of nitrogens with one attached hydrogen (secondary N) is 2. The Hall–Kier alpha value is -2.34. The van der Waals surface area contributed by atoms with Crippen molar-refractivity contribution >= 4 is 72.1 Å². The van der Waals surface area contributed by atoms with E-state index in [0.29, 0.717) is 39.8 Å². The summed E-state index contributed by atoms with van der Waals surface area (Å²) in [5.74, 6) is -0.879. The van der Waals surface area contributed by atoms with Gasteiger partial charge in [0.15, 0.2) is 0 Å². The number of benzene rings is 3. The average molecular weight is 617 g/mol. The molecule has 0 atom stereocenters. The molecule has 0 unspecified atom stereocenters. The van der Waals surface area contributed by atoms with Crippen LogP contribution in [0.15, 0.2) is 71.6 Å². The van der Waals surface area contributed by atoms with Gasteiger partial charge in [0.25, 0.3) is 10.0 Å². The van der Waals surface area contributed by atoms with Crippen molar-refractivity contribution in [2.75, 3.05) is 23.1 Å². The van der Waals surface area contributed by atoms with Gasteiger partial charge >= 0.3 is 0 Å². The number of hydrogen-bond acceptors (Lipinski definition) is 5. The van der Waals surface area contributed by atoms with E-state index in [1.807, 2.05) is 0 Å². The van der Waals surface area contributed by atoms with Crippen molar-refractivity contribution in [3.05, 3.63) is 87.4 Å². The number of carbonyl (C=O) groups is 1. The molecule has 4 rings (SSSR count). The number of nitrogens with zero attached hydrogens (tertiary/aromatic N) is 1. The van der Waals surface area contributed by atoms with E-state index >= 15 is 0 Å². The zero-order chi connectivity index (χ0) is 27.5. The largest absolute Gasteiger partial charge is 0.326 e. The summed E-state index contributed by atoms with van der Waals surface area (Å²) >= 11 is 17.8. The molecule has 3 aromatic carbocycles. The number of carbonyl (C=O) groups excluding carboxylic acids is 1. The predicted octanol–water partition coefficient (Wildman–Crippen LogP) is 5.63. The topological polar surface area (TPSA) is 113 Å². The van der Waals surface area contributed by atoms with Crippen LogP contribution >= 0.6 is 34.8 Å². The number of hydrogen-bond donors (Lipinski definition) is 2. The van der Waals surface area contributed by atoms with Crippen molar-refractivity contribution in [1.82, 2.24) is 4.31 Å². The fraction of sp³-hybridized carbons (Fsp3) is 0.240. The van der Waals surface area contributed by atoms with Crippen LogP contribution in [0.1, 0.15) is 18.4 Å². The Morgan fingerprint density at radius 1 is 0.816 bits per heavy atom. The molecule has 1 amide bonds. The summed E-state index contributed by atoms with van der Waals surface area (Å²) in [6, 6.07) is 16.7. The predicted molar refractivity (Wildman–Crippen MR) is 151 cm³/mol. The zero-order valence-electron chi connectivity index (χ0n) is 19.9. The normalized spacial score (nSPS) is 15.2. The number of anilines is 2. The van der Waals surface area contributed by atoms with Crippen LogP contribution < -0.4 is 10.0 Å². The molecule has 1 saturated heterocycles. The first kappa shape index (κ1) is 28.7. The molecule has 0 radical (unpaired) electrons. The maximum Gasteiger partial charge on any atom is 0.261 e. The van der Waals surface area contributed by atoms with E-state index in [9.17, 15) is 21.6 Å². The lowest BCUT2D eigenvalue weighted by Gasteiger charge is -2.30. The van der Waals surface area contributed by atoms with Gasteiger partial charge in [-0.25, -0.2) is 21.1 Å². The second-order valence-electron chi connectivity index (χ2n) is 8.79. The molecule has 202 valence electrons. The summed E-state index contributed by atoms with van der Waals surface area (Å²) in [5, 5.41) is 3.99. The molecule has 0 aliphatic carbocycles. The molecule has 8 nitrogen and oxygen atoms in total. The lowest BCUT2D eigenvalue weighted by atomic mass is 9.97. The number of rotatable bonds is 8. The molecular weight excluding hydrogens is 593 g/mol. The maximum atomic E-state index is 12.9. The summed E-state index contributed by atoms with van der Waals surface area (Å²) in [7, 11) is -7.44. The van der Waals surface area contributed by atoms with E-state index in [1.165, 1.54) is 34.6 Å². The fourth-order valence-electron chi connectivity index (χ4n) is 4.02. The van der Waals surface area contributed by atoms with Crippen LogP contribution in [0.4, 0.5) is 11.4 Å². The molecule has 1 aliphatic heterocycles. The smallest absolute Gasteiger partial charge is 0.261 e. The third-order valence-electron chi connectivity index (χ3n) is 6.10. The standard InChI is InChI=1S/C25H24Cl3N3O5S2/c26-19-3-5-22(6-4-19)30-38(35,36)23-9-7-21(8-10-23)29-25(32)17-11-13-31(14-12-17)37(33,34)16-18-1-2-20(27)15-24(18)28/h1-10,15,17,30H,11-14,16H2,(H,29,32). The van der Waals surface area contributed by atoms with Crippen LogP contribution in [0.3, 0.4) is 0 Å². The van der Waals surface area contributed by atoms with E-state index in [2.05, 4.69) is 10.0 Å². The summed E-state index contributed by atoms with van der Waals surface area (Å²) in [6.07, 6.45) is 0.716. The van der Waals surface area contributed by atoms with Crippen LogP contribution in [0, 0.1) is 5.92 Å². The maximum absolute atomic E-state index is 12.9. The molecule has 1 heterocycles. The Morgan fingerprint density at radius 2 is 1.39 bits per heavy atom. The van der Waals surface area contributed by atoms with E-state index in [0.717, 1.165) is 0 Å². The van der Waals surface area contributed by atoms with Crippen LogP contribution in [0.2, 0.25) is 15.1 Å². The van der Waals surface area contributed by atoms with Crippen molar-refractivity contribution in [2.24, 2.45) is 5.92 Å².